The average Bonchev–Trinajstić information content (AvgIpc) is 3.02. The summed E-state index contributed by atoms with van der Waals surface area (Å²) in [6, 6.07) is 14.2. The van der Waals surface area contributed by atoms with Gasteiger partial charge in [0.15, 0.2) is 11.5 Å². The van der Waals surface area contributed by atoms with Gasteiger partial charge >= 0.3 is 0 Å². The third-order valence-electron chi connectivity index (χ3n) is 3.77. The number of benzene rings is 2. The van der Waals surface area contributed by atoms with Gasteiger partial charge in [-0.15, -0.1) is 11.3 Å². The van der Waals surface area contributed by atoms with E-state index in [2.05, 4.69) is 29.6 Å². The van der Waals surface area contributed by atoms with Gasteiger partial charge in [-0.2, -0.15) is 0 Å². The number of hydrogen-bond acceptors (Lipinski definition) is 4. The van der Waals surface area contributed by atoms with Crippen LogP contribution in [0.4, 0.5) is 0 Å². The van der Waals surface area contributed by atoms with Crippen LogP contribution in [0.25, 0.3) is 10.1 Å². The van der Waals surface area contributed by atoms with Gasteiger partial charge in [-0.1, -0.05) is 24.3 Å². The third kappa shape index (κ3) is 2.17. The van der Waals surface area contributed by atoms with Gasteiger partial charge < -0.3 is 15.2 Å². The molecule has 0 amide bonds. The lowest BCUT2D eigenvalue weighted by molar-refractivity contribution is 0.171. The van der Waals surface area contributed by atoms with Gasteiger partial charge in [0.25, 0.3) is 0 Å². The zero-order valence-corrected chi connectivity index (χ0v) is 12.2. The summed E-state index contributed by atoms with van der Waals surface area (Å²) >= 11 is 1.73. The standard InChI is InChI=1S/C17H15NO2S/c18-16(13-3-1-2-11-6-9-21-17(11)13)12-4-5-14-15(10-12)20-8-7-19-14/h1-6,9-10,16H,7-8,18H2. The molecule has 21 heavy (non-hydrogen) atoms. The first-order valence-corrected chi connectivity index (χ1v) is 7.82. The van der Waals surface area contributed by atoms with E-state index >= 15 is 0 Å². The lowest BCUT2D eigenvalue weighted by atomic mass is 9.98. The Bertz CT molecular complexity index is 796. The molecular formula is C17H15NO2S. The molecule has 0 saturated carbocycles. The molecule has 1 atom stereocenters. The maximum Gasteiger partial charge on any atom is 0.161 e. The Morgan fingerprint density at radius 3 is 2.76 bits per heavy atom. The largest absolute Gasteiger partial charge is 0.486 e. The first-order chi connectivity index (χ1) is 10.3. The minimum Gasteiger partial charge on any atom is -0.486 e. The van der Waals surface area contributed by atoms with Crippen LogP contribution in [0.3, 0.4) is 0 Å². The Kier molecular flexibility index (Phi) is 3.05. The molecule has 0 fully saturated rings. The summed E-state index contributed by atoms with van der Waals surface area (Å²) in [5.41, 5.74) is 8.68. The second kappa shape index (κ2) is 5.06. The van der Waals surface area contributed by atoms with Gasteiger partial charge in [0, 0.05) is 4.70 Å². The van der Waals surface area contributed by atoms with Crippen molar-refractivity contribution < 1.29 is 9.47 Å². The zero-order valence-electron chi connectivity index (χ0n) is 11.4. The molecule has 4 heteroatoms. The molecule has 0 spiro atoms. The van der Waals surface area contributed by atoms with Gasteiger partial charge in [-0.05, 0) is 40.1 Å². The molecular weight excluding hydrogens is 282 g/mol. The van der Waals surface area contributed by atoms with Crippen molar-refractivity contribution in [3.8, 4) is 11.5 Å². The van der Waals surface area contributed by atoms with E-state index in [1.807, 2.05) is 18.2 Å². The Hall–Kier alpha value is -2.04. The van der Waals surface area contributed by atoms with E-state index in [0.29, 0.717) is 13.2 Å². The normalized spacial score (nSPS) is 15.1. The molecule has 0 aliphatic carbocycles. The van der Waals surface area contributed by atoms with E-state index in [4.69, 9.17) is 15.2 Å². The summed E-state index contributed by atoms with van der Waals surface area (Å²) in [4.78, 5) is 0. The molecule has 0 radical (unpaired) electrons. The van der Waals surface area contributed by atoms with Crippen molar-refractivity contribution in [1.82, 2.24) is 0 Å². The number of nitrogens with two attached hydrogens (primary N) is 1. The van der Waals surface area contributed by atoms with E-state index in [1.165, 1.54) is 10.1 Å². The highest BCUT2D eigenvalue weighted by Crippen LogP contribution is 2.36. The Balaban J connectivity index is 1.77. The van der Waals surface area contributed by atoms with Crippen LogP contribution in [-0.4, -0.2) is 13.2 Å². The van der Waals surface area contributed by atoms with E-state index in [1.54, 1.807) is 11.3 Å². The lowest BCUT2D eigenvalue weighted by Crippen LogP contribution is -2.17. The summed E-state index contributed by atoms with van der Waals surface area (Å²) in [6.45, 7) is 1.19. The molecule has 1 unspecified atom stereocenters. The van der Waals surface area contributed by atoms with Crippen molar-refractivity contribution >= 4 is 21.4 Å². The topological polar surface area (TPSA) is 44.5 Å². The predicted molar refractivity (Wildman–Crippen MR) is 85.3 cm³/mol. The van der Waals surface area contributed by atoms with E-state index in [0.717, 1.165) is 22.6 Å². The Labute approximate surface area is 126 Å². The smallest absolute Gasteiger partial charge is 0.161 e. The molecule has 0 saturated heterocycles. The fourth-order valence-corrected chi connectivity index (χ4v) is 3.65. The van der Waals surface area contributed by atoms with Crippen molar-refractivity contribution in [1.29, 1.82) is 0 Å². The van der Waals surface area contributed by atoms with Crippen LogP contribution in [0.2, 0.25) is 0 Å². The Morgan fingerprint density at radius 2 is 1.86 bits per heavy atom. The van der Waals surface area contributed by atoms with Gasteiger partial charge in [0.2, 0.25) is 0 Å². The summed E-state index contributed by atoms with van der Waals surface area (Å²) in [5.74, 6) is 1.58. The summed E-state index contributed by atoms with van der Waals surface area (Å²) in [5, 5.41) is 3.34. The first kappa shape index (κ1) is 12.7. The van der Waals surface area contributed by atoms with Crippen molar-refractivity contribution in [2.45, 2.75) is 6.04 Å². The third-order valence-corrected chi connectivity index (χ3v) is 4.75. The summed E-state index contributed by atoms with van der Waals surface area (Å²) in [6.07, 6.45) is 0. The molecule has 2 heterocycles. The van der Waals surface area contributed by atoms with Crippen LogP contribution >= 0.6 is 11.3 Å². The van der Waals surface area contributed by atoms with Crippen LogP contribution in [0.15, 0.2) is 47.8 Å². The molecule has 1 aliphatic rings. The van der Waals surface area contributed by atoms with Crippen molar-refractivity contribution in [3.05, 3.63) is 59.0 Å². The van der Waals surface area contributed by atoms with Crippen LogP contribution in [0, 0.1) is 0 Å². The highest BCUT2D eigenvalue weighted by Gasteiger charge is 2.17. The Morgan fingerprint density at radius 1 is 1.00 bits per heavy atom. The molecule has 0 bridgehead atoms. The van der Waals surface area contributed by atoms with Crippen molar-refractivity contribution in [3.63, 3.8) is 0 Å². The first-order valence-electron chi connectivity index (χ1n) is 6.94. The maximum absolute atomic E-state index is 6.49. The molecule has 2 N–H and O–H groups in total. The summed E-state index contributed by atoms with van der Waals surface area (Å²) < 4.78 is 12.5. The average molecular weight is 297 g/mol. The van der Waals surface area contributed by atoms with E-state index in [-0.39, 0.29) is 6.04 Å². The van der Waals surface area contributed by atoms with Gasteiger partial charge in [0.05, 0.1) is 6.04 Å². The van der Waals surface area contributed by atoms with E-state index in [9.17, 15) is 0 Å². The predicted octanol–water partition coefficient (Wildman–Crippen LogP) is 3.72. The van der Waals surface area contributed by atoms with Crippen LogP contribution in [0.5, 0.6) is 11.5 Å². The highest BCUT2D eigenvalue weighted by atomic mass is 32.1. The SMILES string of the molecule is NC(c1ccc2c(c1)OCCO2)c1cccc2ccsc12. The fraction of sp³-hybridized carbons (Fsp3) is 0.176. The van der Waals surface area contributed by atoms with Gasteiger partial charge in [-0.3, -0.25) is 0 Å². The lowest BCUT2D eigenvalue weighted by Gasteiger charge is -2.21. The number of fused-ring (bicyclic) bond motifs is 2. The molecule has 106 valence electrons. The highest BCUT2D eigenvalue weighted by molar-refractivity contribution is 7.17. The molecule has 1 aliphatic heterocycles. The second-order valence-corrected chi connectivity index (χ2v) is 5.98. The molecule has 3 aromatic rings. The molecule has 1 aromatic heterocycles. The van der Waals surface area contributed by atoms with E-state index < -0.39 is 0 Å². The minimum absolute atomic E-state index is 0.164. The maximum atomic E-state index is 6.49. The van der Waals surface area contributed by atoms with Crippen molar-refractivity contribution in [2.24, 2.45) is 5.73 Å². The van der Waals surface area contributed by atoms with Gasteiger partial charge in [0.1, 0.15) is 13.2 Å². The molecule has 3 nitrogen and oxygen atoms in total. The number of rotatable bonds is 2. The zero-order chi connectivity index (χ0) is 14.2. The van der Waals surface area contributed by atoms with Gasteiger partial charge in [-0.25, -0.2) is 0 Å². The number of thiophene rings is 1. The monoisotopic (exact) mass is 297 g/mol. The minimum atomic E-state index is -0.164. The fourth-order valence-electron chi connectivity index (χ4n) is 2.69. The van der Waals surface area contributed by atoms with Crippen LogP contribution < -0.4 is 15.2 Å². The number of hydrogen-bond donors (Lipinski definition) is 1. The molecule has 4 rings (SSSR count). The van der Waals surface area contributed by atoms with Crippen LogP contribution in [0.1, 0.15) is 17.2 Å². The molecule has 2 aromatic carbocycles. The van der Waals surface area contributed by atoms with Crippen LogP contribution in [-0.2, 0) is 0 Å². The second-order valence-electron chi connectivity index (χ2n) is 5.07. The quantitative estimate of drug-likeness (QED) is 0.784. The number of ether oxygens (including phenoxy) is 2. The van der Waals surface area contributed by atoms with Crippen molar-refractivity contribution in [2.75, 3.05) is 13.2 Å². The summed E-state index contributed by atoms with van der Waals surface area (Å²) in [7, 11) is 0.